The SMILES string of the molecule is Oc1cc2[nH]c1C=c1[nH]c(cc1O)=Cc1ccc([nH]1)C=c1ccc([nH]1)=C2. The first-order valence-corrected chi connectivity index (χ1v) is 8.23. The maximum absolute atomic E-state index is 10.2. The van der Waals surface area contributed by atoms with E-state index in [1.54, 1.807) is 18.2 Å². The predicted octanol–water partition coefficient (Wildman–Crippen LogP) is 0.0388. The van der Waals surface area contributed by atoms with E-state index in [4.69, 9.17) is 0 Å². The van der Waals surface area contributed by atoms with Gasteiger partial charge in [-0.1, -0.05) is 0 Å². The van der Waals surface area contributed by atoms with Crippen LogP contribution in [0.4, 0.5) is 0 Å². The Balaban J connectivity index is 1.83. The van der Waals surface area contributed by atoms with E-state index in [2.05, 4.69) is 19.9 Å². The topological polar surface area (TPSA) is 104 Å². The fourth-order valence-corrected chi connectivity index (χ4v) is 3.18. The van der Waals surface area contributed by atoms with Gasteiger partial charge in [-0.05, 0) is 48.6 Å². The van der Waals surface area contributed by atoms with Gasteiger partial charge in [-0.3, -0.25) is 0 Å². The van der Waals surface area contributed by atoms with E-state index >= 15 is 0 Å². The second kappa shape index (κ2) is 5.35. The van der Waals surface area contributed by atoms with Crippen LogP contribution < -0.4 is 21.4 Å². The van der Waals surface area contributed by atoms with Crippen molar-refractivity contribution in [2.75, 3.05) is 0 Å². The Morgan fingerprint density at radius 1 is 0.538 bits per heavy atom. The number of aromatic hydroxyl groups is 2. The van der Waals surface area contributed by atoms with Crippen LogP contribution in [0.5, 0.6) is 11.5 Å². The third kappa shape index (κ3) is 2.53. The van der Waals surface area contributed by atoms with Gasteiger partial charge in [-0.15, -0.1) is 0 Å². The van der Waals surface area contributed by atoms with Crippen LogP contribution in [0.3, 0.4) is 0 Å². The molecule has 0 fully saturated rings. The molecule has 4 aromatic rings. The maximum atomic E-state index is 10.2. The third-order valence-corrected chi connectivity index (χ3v) is 4.38. The number of nitrogens with one attached hydrogen (secondary N) is 4. The standard InChI is InChI=1S/C20H16N4O2/c25-19-8-15-6-13-3-1-11(21-13)5-12-2-4-14(22-12)7-16-9-20(26)18(24-16)10-17(19)23-15/h1-10,21-26H. The Hall–Kier alpha value is -3.80. The summed E-state index contributed by atoms with van der Waals surface area (Å²) in [4.78, 5) is 12.9. The molecule has 128 valence electrons. The number of H-pyrrole nitrogens is 4. The summed E-state index contributed by atoms with van der Waals surface area (Å²) in [5, 5.41) is 23.5. The minimum absolute atomic E-state index is 0.118. The van der Waals surface area contributed by atoms with Gasteiger partial charge in [0.15, 0.2) is 0 Å². The molecule has 0 atom stereocenters. The van der Waals surface area contributed by atoms with Crippen molar-refractivity contribution in [3.63, 3.8) is 0 Å². The van der Waals surface area contributed by atoms with Crippen LogP contribution in [0, 0.1) is 0 Å². The van der Waals surface area contributed by atoms with Gasteiger partial charge >= 0.3 is 0 Å². The van der Waals surface area contributed by atoms with Gasteiger partial charge < -0.3 is 30.1 Å². The molecule has 0 amide bonds. The Labute approximate surface area is 147 Å². The van der Waals surface area contributed by atoms with E-state index in [9.17, 15) is 10.2 Å². The second-order valence-corrected chi connectivity index (χ2v) is 6.36. The fraction of sp³-hybridized carbons (Fsp3) is 0. The fourth-order valence-electron chi connectivity index (χ4n) is 3.18. The molecule has 1 aliphatic heterocycles. The summed E-state index contributed by atoms with van der Waals surface area (Å²) in [6.07, 6.45) is 7.52. The van der Waals surface area contributed by atoms with Gasteiger partial charge in [0.05, 0.1) is 11.0 Å². The molecule has 6 heteroatoms. The Morgan fingerprint density at radius 2 is 1.23 bits per heavy atom. The van der Waals surface area contributed by atoms with E-state index in [0.29, 0.717) is 11.0 Å². The zero-order chi connectivity index (χ0) is 17.7. The van der Waals surface area contributed by atoms with Crippen molar-refractivity contribution in [3.05, 3.63) is 80.6 Å². The van der Waals surface area contributed by atoms with E-state index in [-0.39, 0.29) is 11.5 Å². The van der Waals surface area contributed by atoms with Crippen LogP contribution in [0.15, 0.2) is 36.4 Å². The molecule has 26 heavy (non-hydrogen) atoms. The first kappa shape index (κ1) is 14.5. The van der Waals surface area contributed by atoms with Crippen LogP contribution in [-0.4, -0.2) is 30.1 Å². The van der Waals surface area contributed by atoms with Crippen LogP contribution >= 0.6 is 0 Å². The first-order valence-electron chi connectivity index (χ1n) is 8.23. The number of hydrogen-bond acceptors (Lipinski definition) is 2. The Morgan fingerprint density at radius 3 is 2.00 bits per heavy atom. The lowest BCUT2D eigenvalue weighted by Gasteiger charge is -1.90. The molecule has 8 bridgehead atoms. The summed E-state index contributed by atoms with van der Waals surface area (Å²) in [6.45, 7) is 0. The van der Waals surface area contributed by atoms with Crippen LogP contribution in [-0.2, 0) is 0 Å². The lowest BCUT2D eigenvalue weighted by Crippen LogP contribution is -2.10. The normalized spacial score (nSPS) is 12.6. The molecule has 5 heterocycles. The van der Waals surface area contributed by atoms with Gasteiger partial charge in [-0.25, -0.2) is 0 Å². The van der Waals surface area contributed by atoms with Crippen molar-refractivity contribution in [3.8, 4) is 11.5 Å². The van der Waals surface area contributed by atoms with E-state index in [0.717, 1.165) is 33.1 Å². The highest BCUT2D eigenvalue weighted by Gasteiger charge is 2.05. The highest BCUT2D eigenvalue weighted by molar-refractivity contribution is 5.60. The summed E-state index contributed by atoms with van der Waals surface area (Å²) < 4.78 is 0. The monoisotopic (exact) mass is 344 g/mol. The average Bonchev–Trinajstić information content (AvgIpc) is 3.34. The molecule has 0 spiro atoms. The van der Waals surface area contributed by atoms with Gasteiger partial charge in [0.2, 0.25) is 0 Å². The molecule has 5 rings (SSSR count). The van der Waals surface area contributed by atoms with Crippen LogP contribution in [0.25, 0.3) is 24.3 Å². The first-order chi connectivity index (χ1) is 12.6. The van der Waals surface area contributed by atoms with E-state index < -0.39 is 0 Å². The van der Waals surface area contributed by atoms with Gasteiger partial charge in [0.25, 0.3) is 0 Å². The largest absolute Gasteiger partial charge is 0.506 e. The summed E-state index contributed by atoms with van der Waals surface area (Å²) in [5.74, 6) is 0.235. The quantitative estimate of drug-likeness (QED) is 0.239. The summed E-state index contributed by atoms with van der Waals surface area (Å²) in [6, 6.07) is 11.3. The molecular weight excluding hydrogens is 328 g/mol. The summed E-state index contributed by atoms with van der Waals surface area (Å²) >= 11 is 0. The van der Waals surface area contributed by atoms with Crippen LogP contribution in [0.1, 0.15) is 22.8 Å². The lowest BCUT2D eigenvalue weighted by atomic mass is 10.3. The highest BCUT2D eigenvalue weighted by atomic mass is 16.3. The molecule has 0 unspecified atom stereocenters. The van der Waals surface area contributed by atoms with Gasteiger partial charge in [-0.2, -0.15) is 0 Å². The molecule has 1 aliphatic rings. The number of rotatable bonds is 0. The van der Waals surface area contributed by atoms with Crippen LogP contribution in [0.2, 0.25) is 0 Å². The molecule has 0 saturated carbocycles. The van der Waals surface area contributed by atoms with Gasteiger partial charge in [0.1, 0.15) is 11.5 Å². The van der Waals surface area contributed by atoms with Crippen molar-refractivity contribution < 1.29 is 10.2 Å². The van der Waals surface area contributed by atoms with Crippen molar-refractivity contribution in [1.82, 2.24) is 19.9 Å². The molecule has 6 nitrogen and oxygen atoms in total. The average molecular weight is 344 g/mol. The Bertz CT molecular complexity index is 1360. The molecule has 4 aromatic heterocycles. The molecule has 0 radical (unpaired) electrons. The summed E-state index contributed by atoms with van der Waals surface area (Å²) in [5.41, 5.74) is 3.17. The van der Waals surface area contributed by atoms with Crippen molar-refractivity contribution >= 4 is 24.3 Å². The minimum atomic E-state index is 0.118. The number of aromatic nitrogens is 4. The predicted molar refractivity (Wildman–Crippen MR) is 99.3 cm³/mol. The molecule has 0 aliphatic carbocycles. The molecular formula is C20H16N4O2. The summed E-state index contributed by atoms with van der Waals surface area (Å²) in [7, 11) is 0. The van der Waals surface area contributed by atoms with E-state index in [1.165, 1.54) is 0 Å². The second-order valence-electron chi connectivity index (χ2n) is 6.36. The number of fused-ring (bicyclic) bond motifs is 8. The zero-order valence-electron chi connectivity index (χ0n) is 13.7. The third-order valence-electron chi connectivity index (χ3n) is 4.38. The minimum Gasteiger partial charge on any atom is -0.506 e. The van der Waals surface area contributed by atoms with Crippen molar-refractivity contribution in [2.45, 2.75) is 0 Å². The van der Waals surface area contributed by atoms with Crippen molar-refractivity contribution in [1.29, 1.82) is 0 Å². The van der Waals surface area contributed by atoms with Gasteiger partial charge in [0, 0.05) is 45.3 Å². The smallest absolute Gasteiger partial charge is 0.141 e. The lowest BCUT2D eigenvalue weighted by molar-refractivity contribution is 0.470. The zero-order valence-corrected chi connectivity index (χ0v) is 13.7. The maximum Gasteiger partial charge on any atom is 0.141 e. The highest BCUT2D eigenvalue weighted by Crippen LogP contribution is 2.19. The molecule has 0 aromatic carbocycles. The Kier molecular flexibility index (Phi) is 2.99. The number of aromatic amines is 4. The van der Waals surface area contributed by atoms with Crippen molar-refractivity contribution in [2.24, 2.45) is 0 Å². The van der Waals surface area contributed by atoms with E-state index in [1.807, 2.05) is 42.5 Å². The number of hydrogen-bond donors (Lipinski definition) is 6. The molecule has 0 saturated heterocycles. The molecule has 6 N–H and O–H groups in total.